The average molecular weight is 663 g/mol. The van der Waals surface area contributed by atoms with Crippen molar-refractivity contribution in [1.29, 1.82) is 5.41 Å². The van der Waals surface area contributed by atoms with Crippen LogP contribution in [0.15, 0.2) is 78.9 Å². The molecule has 9 nitrogen and oxygen atoms in total. The average Bonchev–Trinajstić information content (AvgIpc) is 3.31. The summed E-state index contributed by atoms with van der Waals surface area (Å²) in [6, 6.07) is 25.2. The van der Waals surface area contributed by atoms with E-state index in [9.17, 15) is 9.59 Å². The summed E-state index contributed by atoms with van der Waals surface area (Å²) in [4.78, 5) is 25.5. The monoisotopic (exact) mass is 661 g/mol. The second kappa shape index (κ2) is 13.7. The van der Waals surface area contributed by atoms with E-state index in [-0.39, 0.29) is 19.1 Å². The quantitative estimate of drug-likeness (QED) is 0.119. The molecule has 0 spiro atoms. The minimum atomic E-state index is -2.23. The molecule has 1 heterocycles. The molecule has 0 saturated carbocycles. The summed E-state index contributed by atoms with van der Waals surface area (Å²) in [5, 5.41) is 8.04. The second-order valence-electron chi connectivity index (χ2n) is 10.4. The molecule has 3 aromatic rings. The Kier molecular flexibility index (Phi) is 10.0. The minimum absolute atomic E-state index is 0.00273. The highest BCUT2D eigenvalue weighted by Crippen LogP contribution is 2.44. The van der Waals surface area contributed by atoms with Gasteiger partial charge in [-0.15, -0.1) is 0 Å². The maximum absolute atomic E-state index is 13.3. The van der Waals surface area contributed by atoms with E-state index in [1.54, 1.807) is 6.92 Å². The summed E-state index contributed by atoms with van der Waals surface area (Å²) in [5.74, 6) is -1.72. The maximum Gasteiger partial charge on any atom is 0.508 e. The lowest BCUT2D eigenvalue weighted by molar-refractivity contribution is -0.287. The fraction of sp³-hybridized carbons (Fsp3) is 0.344. The second-order valence-corrected chi connectivity index (χ2v) is 12.6. The lowest BCUT2D eigenvalue weighted by atomic mass is 9.98. The van der Waals surface area contributed by atoms with Gasteiger partial charge < -0.3 is 28.4 Å². The molecule has 5 atom stereocenters. The fourth-order valence-corrected chi connectivity index (χ4v) is 5.57. The molecule has 2 unspecified atom stereocenters. The zero-order valence-electron chi connectivity index (χ0n) is 23.8. The largest absolute Gasteiger partial charge is 0.508 e. The molecule has 0 aromatic heterocycles. The van der Waals surface area contributed by atoms with Crippen LogP contribution in [-0.2, 0) is 39.8 Å². The first-order valence-electron chi connectivity index (χ1n) is 13.8. The number of fused-ring (bicyclic) bond motifs is 3. The molecule has 1 aliphatic carbocycles. The van der Waals surface area contributed by atoms with Crippen LogP contribution in [0.25, 0.3) is 11.1 Å². The molecular formula is C32H30Cl3NO8. The van der Waals surface area contributed by atoms with E-state index in [4.69, 9.17) is 68.6 Å². The first kappa shape index (κ1) is 32.1. The topological polar surface area (TPSA) is 113 Å². The third-order valence-electron chi connectivity index (χ3n) is 7.37. The molecule has 1 fully saturated rings. The van der Waals surface area contributed by atoms with Crippen LogP contribution in [0.3, 0.4) is 0 Å². The van der Waals surface area contributed by atoms with Crippen LogP contribution in [0.1, 0.15) is 36.5 Å². The van der Waals surface area contributed by atoms with Crippen LogP contribution in [0.2, 0.25) is 0 Å². The molecular weight excluding hydrogens is 633 g/mol. The third-order valence-corrected chi connectivity index (χ3v) is 7.88. The van der Waals surface area contributed by atoms with Gasteiger partial charge in [0.15, 0.2) is 6.10 Å². The number of hydrogen-bond donors (Lipinski definition) is 1. The van der Waals surface area contributed by atoms with Gasteiger partial charge >= 0.3 is 12.1 Å². The van der Waals surface area contributed by atoms with E-state index in [2.05, 4.69) is 0 Å². The Labute approximate surface area is 269 Å². The van der Waals surface area contributed by atoms with Crippen molar-refractivity contribution in [1.82, 2.24) is 0 Å². The van der Waals surface area contributed by atoms with Gasteiger partial charge in [0.05, 0.1) is 12.7 Å². The summed E-state index contributed by atoms with van der Waals surface area (Å²) in [7, 11) is 0. The van der Waals surface area contributed by atoms with E-state index in [1.807, 2.05) is 78.9 Å². The molecule has 1 saturated heterocycles. The number of carbonyl (C=O) groups is 2. The fourth-order valence-electron chi connectivity index (χ4n) is 5.43. The van der Waals surface area contributed by atoms with E-state index >= 15 is 0 Å². The van der Waals surface area contributed by atoms with Gasteiger partial charge in [0.1, 0.15) is 12.7 Å². The Morgan fingerprint density at radius 3 is 2.00 bits per heavy atom. The number of carbonyl (C=O) groups excluding carboxylic acids is 2. The van der Waals surface area contributed by atoms with Crippen molar-refractivity contribution in [3.8, 4) is 11.1 Å². The van der Waals surface area contributed by atoms with Crippen LogP contribution >= 0.6 is 34.8 Å². The van der Waals surface area contributed by atoms with E-state index in [1.165, 1.54) is 6.92 Å². The van der Waals surface area contributed by atoms with Gasteiger partial charge in [0.2, 0.25) is 18.3 Å². The number of nitrogens with one attached hydrogen (secondary N) is 1. The zero-order valence-corrected chi connectivity index (χ0v) is 26.1. The Hall–Kier alpha value is -3.34. The maximum atomic E-state index is 13.3. The molecule has 0 radical (unpaired) electrons. The first-order valence-corrected chi connectivity index (χ1v) is 15.0. The van der Waals surface area contributed by atoms with Crippen molar-refractivity contribution >= 4 is 52.8 Å². The molecule has 44 heavy (non-hydrogen) atoms. The van der Waals surface area contributed by atoms with Crippen LogP contribution < -0.4 is 0 Å². The highest BCUT2D eigenvalue weighted by Gasteiger charge is 2.52. The summed E-state index contributed by atoms with van der Waals surface area (Å²) < 4.78 is 32.3. The SMILES string of the molecule is CC(=O)OC1[C@H](OC(=N)C(Cl)(Cl)Cl)OC(C)[C@H](OCc2ccccc2)[C@@H]1OC(=O)OCC1c2ccccc2-c2ccccc21. The predicted octanol–water partition coefficient (Wildman–Crippen LogP) is 6.95. The van der Waals surface area contributed by atoms with Crippen LogP contribution in [-0.4, -0.2) is 59.1 Å². The highest BCUT2D eigenvalue weighted by molar-refractivity contribution is 6.76. The van der Waals surface area contributed by atoms with Gasteiger partial charge in [-0.05, 0) is 34.7 Å². The molecule has 1 aliphatic heterocycles. The molecule has 232 valence electrons. The van der Waals surface area contributed by atoms with Crippen molar-refractivity contribution in [3.05, 3.63) is 95.6 Å². The molecule has 1 N–H and O–H groups in total. The third kappa shape index (κ3) is 7.30. The molecule has 3 aromatic carbocycles. The summed E-state index contributed by atoms with van der Waals surface area (Å²) in [6.45, 7) is 2.95. The van der Waals surface area contributed by atoms with Gasteiger partial charge in [-0.3, -0.25) is 10.2 Å². The van der Waals surface area contributed by atoms with Crippen molar-refractivity contribution < 1.29 is 38.0 Å². The smallest absolute Gasteiger partial charge is 0.452 e. The van der Waals surface area contributed by atoms with Crippen molar-refractivity contribution in [2.24, 2.45) is 0 Å². The van der Waals surface area contributed by atoms with Gasteiger partial charge in [-0.1, -0.05) is 114 Å². The number of esters is 1. The number of alkyl halides is 3. The van der Waals surface area contributed by atoms with Gasteiger partial charge in [0.25, 0.3) is 3.79 Å². The Bertz CT molecular complexity index is 1450. The number of rotatable bonds is 8. The first-order chi connectivity index (χ1) is 21.0. The van der Waals surface area contributed by atoms with Gasteiger partial charge in [0, 0.05) is 12.8 Å². The Balaban J connectivity index is 1.38. The normalized spacial score (nSPS) is 22.8. The molecule has 2 aliphatic rings. The number of halogens is 3. The lowest BCUT2D eigenvalue weighted by Gasteiger charge is -2.43. The van der Waals surface area contributed by atoms with E-state index < -0.39 is 52.5 Å². The van der Waals surface area contributed by atoms with E-state index in [0.29, 0.717) is 0 Å². The molecule has 5 rings (SSSR count). The Morgan fingerprint density at radius 1 is 0.818 bits per heavy atom. The Morgan fingerprint density at radius 2 is 1.41 bits per heavy atom. The molecule has 12 heteroatoms. The summed E-state index contributed by atoms with van der Waals surface area (Å²) >= 11 is 17.5. The number of benzene rings is 3. The van der Waals surface area contributed by atoms with Crippen LogP contribution in [0.4, 0.5) is 4.79 Å². The van der Waals surface area contributed by atoms with Crippen LogP contribution in [0, 0.1) is 5.41 Å². The number of hydrogen-bond acceptors (Lipinski definition) is 9. The summed E-state index contributed by atoms with van der Waals surface area (Å²) in [6.07, 6.45) is -6.91. The number of ether oxygens (including phenoxy) is 6. The van der Waals surface area contributed by atoms with Crippen LogP contribution in [0.5, 0.6) is 0 Å². The van der Waals surface area contributed by atoms with Gasteiger partial charge in [-0.2, -0.15) is 0 Å². The summed E-state index contributed by atoms with van der Waals surface area (Å²) in [5.41, 5.74) is 5.05. The van der Waals surface area contributed by atoms with E-state index in [0.717, 1.165) is 27.8 Å². The van der Waals surface area contributed by atoms with Crippen molar-refractivity contribution in [2.75, 3.05) is 6.61 Å². The zero-order chi connectivity index (χ0) is 31.4. The lowest BCUT2D eigenvalue weighted by Crippen LogP contribution is -2.61. The standard InChI is InChI=1S/C32H30Cl3NO8/c1-18-26(39-16-20-10-4-3-5-11-20)27(28(42-19(2)37)29(41-18)44-30(36)32(33,34)35)43-31(38)40-17-25-23-14-8-6-12-21(23)22-13-7-9-15-24(22)25/h3-15,18,25-29,36H,16-17H2,1-2H3/t18?,26-,27-,28?,29-/m0/s1. The minimum Gasteiger partial charge on any atom is -0.452 e. The highest BCUT2D eigenvalue weighted by atomic mass is 35.6. The molecule has 0 bridgehead atoms. The van der Waals surface area contributed by atoms with Crippen molar-refractivity contribution in [3.63, 3.8) is 0 Å². The van der Waals surface area contributed by atoms with Crippen molar-refractivity contribution in [2.45, 2.75) is 60.9 Å². The predicted molar refractivity (Wildman–Crippen MR) is 164 cm³/mol. The van der Waals surface area contributed by atoms with Gasteiger partial charge in [-0.25, -0.2) is 4.79 Å². The molecule has 0 amide bonds.